The number of rotatable bonds is 5. The third-order valence-corrected chi connectivity index (χ3v) is 5.84. The van der Waals surface area contributed by atoms with Gasteiger partial charge in [0.1, 0.15) is 12.4 Å². The van der Waals surface area contributed by atoms with E-state index in [2.05, 4.69) is 15.1 Å². The highest BCUT2D eigenvalue weighted by Gasteiger charge is 2.33. The molecule has 2 aromatic rings. The predicted molar refractivity (Wildman–Crippen MR) is 105 cm³/mol. The fourth-order valence-electron chi connectivity index (χ4n) is 4.49. The molecule has 0 radical (unpaired) electrons. The first kappa shape index (κ1) is 18.0. The van der Waals surface area contributed by atoms with Crippen LogP contribution in [0.4, 0.5) is 0 Å². The van der Waals surface area contributed by atoms with Gasteiger partial charge in [-0.05, 0) is 63.9 Å². The summed E-state index contributed by atoms with van der Waals surface area (Å²) in [5, 5.41) is 9.48. The molecule has 27 heavy (non-hydrogen) atoms. The first-order valence-electron chi connectivity index (χ1n) is 9.89. The largest absolute Gasteiger partial charge is 0.490 e. The van der Waals surface area contributed by atoms with E-state index in [0.717, 1.165) is 41.7 Å². The molecule has 2 unspecified atom stereocenters. The number of ether oxygens (including phenoxy) is 1. The molecule has 0 saturated carbocycles. The van der Waals surface area contributed by atoms with Crippen molar-refractivity contribution in [1.82, 2.24) is 14.8 Å². The Bertz CT molecular complexity index is 882. The van der Waals surface area contributed by atoms with Gasteiger partial charge in [0.25, 0.3) is 6.08 Å². The third-order valence-electron chi connectivity index (χ3n) is 5.84. The van der Waals surface area contributed by atoms with E-state index in [1.807, 2.05) is 37.3 Å². The molecule has 6 heteroatoms. The number of fused-ring (bicyclic) bond motifs is 2. The number of aromatic nitrogens is 2. The highest BCUT2D eigenvalue weighted by molar-refractivity contribution is 5.84. The third kappa shape index (κ3) is 3.68. The quantitative estimate of drug-likeness (QED) is 0.458. The lowest BCUT2D eigenvalue weighted by atomic mass is 9.83. The van der Waals surface area contributed by atoms with Crippen LogP contribution in [0.5, 0.6) is 5.75 Å². The lowest BCUT2D eigenvalue weighted by Crippen LogP contribution is -2.44. The van der Waals surface area contributed by atoms with Gasteiger partial charge in [-0.25, -0.2) is 4.79 Å². The number of piperidine rings is 2. The van der Waals surface area contributed by atoms with Crippen molar-refractivity contribution < 1.29 is 9.53 Å². The molecule has 2 fully saturated rings. The topological polar surface area (TPSA) is 59.7 Å². The first-order valence-corrected chi connectivity index (χ1v) is 9.89. The van der Waals surface area contributed by atoms with Crippen LogP contribution in [0.1, 0.15) is 50.6 Å². The molecule has 0 N–H and O–H groups in total. The lowest BCUT2D eigenvalue weighted by molar-refractivity contribution is 0.0967. The molecule has 1 aromatic carbocycles. The molecule has 2 saturated heterocycles. The Balaban J connectivity index is 1.67. The van der Waals surface area contributed by atoms with E-state index in [1.54, 1.807) is 6.08 Å². The summed E-state index contributed by atoms with van der Waals surface area (Å²) in [5.41, 5.74) is 1.86. The maximum atomic E-state index is 10.8. The molecule has 4 rings (SSSR count). The van der Waals surface area contributed by atoms with E-state index in [4.69, 9.17) is 4.74 Å². The van der Waals surface area contributed by atoms with Crippen LogP contribution in [0.2, 0.25) is 0 Å². The summed E-state index contributed by atoms with van der Waals surface area (Å²) in [6.07, 6.45) is 11.7. The fraction of sp³-hybridized carbons (Fsp3) is 0.524. The Kier molecular flexibility index (Phi) is 5.37. The average Bonchev–Trinajstić information content (AvgIpc) is 3.06. The summed E-state index contributed by atoms with van der Waals surface area (Å²) in [5.74, 6) is 1.20. The van der Waals surface area contributed by atoms with Crippen LogP contribution in [0.25, 0.3) is 10.9 Å². The van der Waals surface area contributed by atoms with Crippen molar-refractivity contribution in [2.75, 3.05) is 19.7 Å². The number of carbonyl (C=O) groups excluding carboxylic acids is 1. The Morgan fingerprint density at radius 1 is 1.33 bits per heavy atom. The molecule has 3 heterocycles. The number of hydrogen-bond donors (Lipinski definition) is 0. The zero-order valence-electron chi connectivity index (χ0n) is 15.8. The fourth-order valence-corrected chi connectivity index (χ4v) is 4.49. The summed E-state index contributed by atoms with van der Waals surface area (Å²) >= 11 is 0. The van der Waals surface area contributed by atoms with Gasteiger partial charge in [0.2, 0.25) is 0 Å². The number of hydrogen-bond acceptors (Lipinski definition) is 5. The molecule has 1 aromatic heterocycles. The summed E-state index contributed by atoms with van der Waals surface area (Å²) in [6, 6.07) is 6.51. The van der Waals surface area contributed by atoms with Crippen molar-refractivity contribution in [2.24, 2.45) is 5.10 Å². The molecular formula is C21H26N4O2. The summed E-state index contributed by atoms with van der Waals surface area (Å²) in [7, 11) is 0. The van der Waals surface area contributed by atoms with Crippen LogP contribution in [0.3, 0.4) is 0 Å². The van der Waals surface area contributed by atoms with Gasteiger partial charge < -0.3 is 9.64 Å². The van der Waals surface area contributed by atoms with Gasteiger partial charge >= 0.3 is 0 Å². The standard InChI is InChI=1S/C21H26N4O2/c1-2-3-12-27-18-7-8-20-19(14-18)21(23-25(20)22-15-26)16-9-11-24-10-5-4-6-17(24)13-16/h2-3,7-8,14,16-17H,4-6,9-13H2,1H3. The Morgan fingerprint density at radius 2 is 2.26 bits per heavy atom. The van der Waals surface area contributed by atoms with Crippen LogP contribution in [-0.2, 0) is 4.79 Å². The van der Waals surface area contributed by atoms with Crippen LogP contribution in [-0.4, -0.2) is 46.6 Å². The normalized spacial score (nSPS) is 23.3. The zero-order valence-corrected chi connectivity index (χ0v) is 15.8. The van der Waals surface area contributed by atoms with Gasteiger partial charge in [-0.3, -0.25) is 0 Å². The molecule has 0 amide bonds. The Hall–Kier alpha value is -2.43. The van der Waals surface area contributed by atoms with E-state index in [1.165, 1.54) is 30.6 Å². The number of isocyanates is 1. The monoisotopic (exact) mass is 366 g/mol. The SMILES string of the molecule is CC=CCOc1ccc2c(c1)c(C1CCN3CCCCC3C1)nn2N=C=O. The molecule has 2 aliphatic heterocycles. The van der Waals surface area contributed by atoms with Gasteiger partial charge in [0.05, 0.1) is 11.2 Å². The molecule has 142 valence electrons. The van der Waals surface area contributed by atoms with Gasteiger partial charge in [-0.15, -0.1) is 4.79 Å². The summed E-state index contributed by atoms with van der Waals surface area (Å²) in [4.78, 5) is 14.9. The number of benzene rings is 1. The smallest absolute Gasteiger partial charge is 0.260 e. The molecular weight excluding hydrogens is 340 g/mol. The average molecular weight is 366 g/mol. The van der Waals surface area contributed by atoms with Crippen molar-refractivity contribution in [2.45, 2.75) is 51.0 Å². The van der Waals surface area contributed by atoms with E-state index >= 15 is 0 Å². The van der Waals surface area contributed by atoms with Crippen LogP contribution in [0, 0.1) is 0 Å². The molecule has 2 aliphatic rings. The summed E-state index contributed by atoms with van der Waals surface area (Å²) in [6.45, 7) is 4.87. The van der Waals surface area contributed by atoms with Crippen LogP contribution >= 0.6 is 0 Å². The van der Waals surface area contributed by atoms with Gasteiger partial charge in [0, 0.05) is 17.3 Å². The molecule has 0 aliphatic carbocycles. The zero-order chi connectivity index (χ0) is 18.6. The molecule has 0 spiro atoms. The van der Waals surface area contributed by atoms with E-state index < -0.39 is 0 Å². The highest BCUT2D eigenvalue weighted by atomic mass is 16.5. The molecule has 0 bridgehead atoms. The second-order valence-corrected chi connectivity index (χ2v) is 7.43. The van der Waals surface area contributed by atoms with E-state index in [0.29, 0.717) is 18.6 Å². The predicted octanol–water partition coefficient (Wildman–Crippen LogP) is 3.82. The van der Waals surface area contributed by atoms with Crippen molar-refractivity contribution in [3.05, 3.63) is 36.0 Å². The van der Waals surface area contributed by atoms with Gasteiger partial charge in [-0.2, -0.15) is 5.10 Å². The number of allylic oxidation sites excluding steroid dienone is 1. The van der Waals surface area contributed by atoms with E-state index in [9.17, 15) is 4.79 Å². The number of nitrogens with zero attached hydrogens (tertiary/aromatic N) is 4. The first-order chi connectivity index (χ1) is 13.3. The second kappa shape index (κ2) is 8.07. The lowest BCUT2D eigenvalue weighted by Gasteiger charge is -2.42. The van der Waals surface area contributed by atoms with Crippen molar-refractivity contribution in [3.8, 4) is 5.75 Å². The van der Waals surface area contributed by atoms with E-state index in [-0.39, 0.29) is 0 Å². The van der Waals surface area contributed by atoms with Crippen molar-refractivity contribution in [1.29, 1.82) is 0 Å². The van der Waals surface area contributed by atoms with Gasteiger partial charge in [0.15, 0.2) is 0 Å². The van der Waals surface area contributed by atoms with Crippen molar-refractivity contribution >= 4 is 17.0 Å². The van der Waals surface area contributed by atoms with Crippen LogP contribution in [0.15, 0.2) is 35.5 Å². The molecule has 6 nitrogen and oxygen atoms in total. The molecule has 2 atom stereocenters. The minimum atomic E-state index is 0.390. The van der Waals surface area contributed by atoms with Crippen LogP contribution < -0.4 is 4.74 Å². The van der Waals surface area contributed by atoms with Crippen molar-refractivity contribution in [3.63, 3.8) is 0 Å². The Labute approximate surface area is 159 Å². The highest BCUT2D eigenvalue weighted by Crippen LogP contribution is 2.38. The minimum absolute atomic E-state index is 0.390. The Morgan fingerprint density at radius 3 is 3.11 bits per heavy atom. The second-order valence-electron chi connectivity index (χ2n) is 7.43. The maximum absolute atomic E-state index is 10.8. The van der Waals surface area contributed by atoms with Gasteiger partial charge in [-0.1, -0.05) is 23.7 Å². The maximum Gasteiger partial charge on any atom is 0.260 e. The minimum Gasteiger partial charge on any atom is -0.490 e. The summed E-state index contributed by atoms with van der Waals surface area (Å²) < 4.78 is 5.81.